The van der Waals surface area contributed by atoms with E-state index in [9.17, 15) is 4.79 Å². The Hall–Kier alpha value is -2.52. The number of benzene rings is 2. The van der Waals surface area contributed by atoms with Gasteiger partial charge in [0, 0.05) is 16.8 Å². The average molecular weight is 297 g/mol. The van der Waals surface area contributed by atoms with Gasteiger partial charge in [-0.1, -0.05) is 41.9 Å². The van der Waals surface area contributed by atoms with Gasteiger partial charge in [0.05, 0.1) is 11.4 Å². The van der Waals surface area contributed by atoms with Gasteiger partial charge in [-0.25, -0.2) is 0 Å². The largest absolute Gasteiger partial charge is 0.354 e. The van der Waals surface area contributed by atoms with E-state index < -0.39 is 0 Å². The molecule has 3 nitrogen and oxygen atoms in total. The van der Waals surface area contributed by atoms with Crippen LogP contribution in [0.1, 0.15) is 5.56 Å². The molecular formula is C17H13ClN2O. The van der Waals surface area contributed by atoms with Crippen molar-refractivity contribution in [3.8, 4) is 0 Å². The average Bonchev–Trinajstić information content (AvgIpc) is 2.64. The summed E-state index contributed by atoms with van der Waals surface area (Å²) in [6.07, 6.45) is 5.33. The summed E-state index contributed by atoms with van der Waals surface area (Å²) in [5.74, 6) is -0.150. The zero-order chi connectivity index (χ0) is 14.7. The molecule has 0 aliphatic carbocycles. The quantitative estimate of drug-likeness (QED) is 0.867. The van der Waals surface area contributed by atoms with Gasteiger partial charge in [-0.15, -0.1) is 0 Å². The molecule has 2 N–H and O–H groups in total. The first-order valence-corrected chi connectivity index (χ1v) is 6.91. The summed E-state index contributed by atoms with van der Waals surface area (Å²) in [5.41, 5.74) is 3.39. The number of carbonyl (C=O) groups excluding carboxylic acids is 1. The highest BCUT2D eigenvalue weighted by atomic mass is 35.5. The first kappa shape index (κ1) is 13.5. The molecule has 21 heavy (non-hydrogen) atoms. The molecule has 0 radical (unpaired) electrons. The molecule has 0 unspecified atom stereocenters. The van der Waals surface area contributed by atoms with Gasteiger partial charge in [0.25, 0.3) is 5.91 Å². The number of nitrogens with one attached hydrogen (secondary N) is 2. The minimum atomic E-state index is -0.150. The minimum Gasteiger partial charge on any atom is -0.354 e. The van der Waals surface area contributed by atoms with Gasteiger partial charge >= 0.3 is 0 Å². The number of hydrogen-bond acceptors (Lipinski definition) is 2. The molecule has 2 aromatic rings. The van der Waals surface area contributed by atoms with Gasteiger partial charge in [0.2, 0.25) is 0 Å². The Morgan fingerprint density at radius 2 is 1.52 bits per heavy atom. The molecule has 4 heteroatoms. The fourth-order valence-electron chi connectivity index (χ4n) is 2.05. The van der Waals surface area contributed by atoms with Crippen molar-refractivity contribution in [2.24, 2.45) is 0 Å². The predicted molar refractivity (Wildman–Crippen MR) is 87.3 cm³/mol. The number of carbonyl (C=O) groups is 1. The monoisotopic (exact) mass is 296 g/mol. The van der Waals surface area contributed by atoms with Gasteiger partial charge in [-0.2, -0.15) is 0 Å². The van der Waals surface area contributed by atoms with Gasteiger partial charge < -0.3 is 10.6 Å². The fourth-order valence-corrected chi connectivity index (χ4v) is 2.18. The van der Waals surface area contributed by atoms with E-state index in [1.807, 2.05) is 60.7 Å². The second-order valence-electron chi connectivity index (χ2n) is 4.64. The lowest BCUT2D eigenvalue weighted by molar-refractivity contribution is -0.111. The molecule has 0 saturated carbocycles. The van der Waals surface area contributed by atoms with E-state index in [0.29, 0.717) is 5.02 Å². The van der Waals surface area contributed by atoms with Crippen LogP contribution in [-0.4, -0.2) is 5.91 Å². The maximum atomic E-state index is 11.8. The van der Waals surface area contributed by atoms with Crippen LogP contribution in [0.2, 0.25) is 5.02 Å². The molecule has 0 saturated heterocycles. The third kappa shape index (κ3) is 3.33. The Bertz CT molecular complexity index is 733. The Balaban J connectivity index is 1.85. The van der Waals surface area contributed by atoms with Crippen LogP contribution in [-0.2, 0) is 4.79 Å². The van der Waals surface area contributed by atoms with Crippen molar-refractivity contribution in [3.05, 3.63) is 77.0 Å². The first-order chi connectivity index (χ1) is 10.2. The number of amides is 1. The van der Waals surface area contributed by atoms with Crippen LogP contribution < -0.4 is 10.6 Å². The van der Waals surface area contributed by atoms with Crippen LogP contribution in [0.4, 0.5) is 11.4 Å². The number of para-hydroxylation sites is 2. The summed E-state index contributed by atoms with van der Waals surface area (Å²) in [5, 5.41) is 6.77. The van der Waals surface area contributed by atoms with E-state index in [1.165, 1.54) is 6.08 Å². The summed E-state index contributed by atoms with van der Waals surface area (Å²) in [6.45, 7) is 0. The molecular weight excluding hydrogens is 284 g/mol. The summed E-state index contributed by atoms with van der Waals surface area (Å²) < 4.78 is 0. The second-order valence-corrected chi connectivity index (χ2v) is 5.08. The zero-order valence-corrected chi connectivity index (χ0v) is 11.9. The Morgan fingerprint density at radius 1 is 0.857 bits per heavy atom. The molecule has 0 aromatic heterocycles. The highest BCUT2D eigenvalue weighted by Gasteiger charge is 2.10. The molecule has 1 aliphatic rings. The Kier molecular flexibility index (Phi) is 3.75. The zero-order valence-electron chi connectivity index (χ0n) is 11.1. The fraction of sp³-hybridized carbons (Fsp3) is 0. The highest BCUT2D eigenvalue weighted by Crippen LogP contribution is 2.25. The Labute approximate surface area is 127 Å². The van der Waals surface area contributed by atoms with E-state index in [1.54, 1.807) is 0 Å². The maximum Gasteiger partial charge on any atom is 0.250 e. The van der Waals surface area contributed by atoms with E-state index in [-0.39, 0.29) is 5.91 Å². The summed E-state index contributed by atoms with van der Waals surface area (Å²) in [6, 6.07) is 15.1. The number of rotatable bonds is 2. The summed E-state index contributed by atoms with van der Waals surface area (Å²) in [7, 11) is 0. The van der Waals surface area contributed by atoms with Crippen LogP contribution in [0.25, 0.3) is 6.08 Å². The standard InChI is InChI=1S/C17H13ClN2O/c18-13-8-5-12(6-9-13)7-10-14-11-17(21)20-16-4-2-1-3-15(16)19-14/h1-11,19H,(H,20,21)/b10-7+. The van der Waals surface area contributed by atoms with E-state index in [0.717, 1.165) is 22.6 Å². The van der Waals surface area contributed by atoms with Crippen molar-refractivity contribution >= 4 is 35.0 Å². The molecule has 0 fully saturated rings. The molecule has 0 atom stereocenters. The van der Waals surface area contributed by atoms with Gasteiger partial charge in [-0.3, -0.25) is 4.79 Å². The van der Waals surface area contributed by atoms with Gasteiger partial charge in [-0.05, 0) is 35.9 Å². The van der Waals surface area contributed by atoms with Gasteiger partial charge in [0.1, 0.15) is 0 Å². The van der Waals surface area contributed by atoms with Crippen molar-refractivity contribution in [2.45, 2.75) is 0 Å². The van der Waals surface area contributed by atoms with E-state index in [4.69, 9.17) is 11.6 Å². The highest BCUT2D eigenvalue weighted by molar-refractivity contribution is 6.30. The third-order valence-corrected chi connectivity index (χ3v) is 3.33. The SMILES string of the molecule is O=C1C=C(/C=C/c2ccc(Cl)cc2)Nc2ccccc2N1. The molecule has 104 valence electrons. The van der Waals surface area contributed by atoms with Crippen molar-refractivity contribution in [2.75, 3.05) is 10.6 Å². The molecule has 0 bridgehead atoms. The minimum absolute atomic E-state index is 0.150. The lowest BCUT2D eigenvalue weighted by Gasteiger charge is -2.08. The normalized spacial score (nSPS) is 14.0. The first-order valence-electron chi connectivity index (χ1n) is 6.53. The van der Waals surface area contributed by atoms with Crippen LogP contribution in [0.5, 0.6) is 0 Å². The lowest BCUT2D eigenvalue weighted by atomic mass is 10.2. The van der Waals surface area contributed by atoms with Crippen molar-refractivity contribution in [1.82, 2.24) is 0 Å². The van der Waals surface area contributed by atoms with E-state index >= 15 is 0 Å². The van der Waals surface area contributed by atoms with Crippen LogP contribution >= 0.6 is 11.6 Å². The third-order valence-electron chi connectivity index (χ3n) is 3.08. The Morgan fingerprint density at radius 3 is 2.24 bits per heavy atom. The second kappa shape index (κ2) is 5.85. The van der Waals surface area contributed by atoms with E-state index in [2.05, 4.69) is 10.6 Å². The molecule has 1 amide bonds. The van der Waals surface area contributed by atoms with Crippen molar-refractivity contribution < 1.29 is 4.79 Å². The number of allylic oxidation sites excluding steroid dienone is 1. The maximum absolute atomic E-state index is 11.8. The number of hydrogen-bond donors (Lipinski definition) is 2. The predicted octanol–water partition coefficient (Wildman–Crippen LogP) is 4.30. The number of fused-ring (bicyclic) bond motifs is 1. The topological polar surface area (TPSA) is 41.1 Å². The van der Waals surface area contributed by atoms with Crippen LogP contribution in [0.3, 0.4) is 0 Å². The van der Waals surface area contributed by atoms with Gasteiger partial charge in [0.15, 0.2) is 0 Å². The molecule has 3 rings (SSSR count). The molecule has 1 aliphatic heterocycles. The van der Waals surface area contributed by atoms with Crippen LogP contribution in [0.15, 0.2) is 66.4 Å². The van der Waals surface area contributed by atoms with Crippen molar-refractivity contribution in [3.63, 3.8) is 0 Å². The van der Waals surface area contributed by atoms with Crippen LogP contribution in [0, 0.1) is 0 Å². The molecule has 2 aromatic carbocycles. The summed E-state index contributed by atoms with van der Waals surface area (Å²) in [4.78, 5) is 11.8. The number of halogens is 1. The summed E-state index contributed by atoms with van der Waals surface area (Å²) >= 11 is 5.86. The number of anilines is 2. The van der Waals surface area contributed by atoms with Crippen molar-refractivity contribution in [1.29, 1.82) is 0 Å². The molecule has 1 heterocycles. The lowest BCUT2D eigenvalue weighted by Crippen LogP contribution is -2.06. The molecule has 0 spiro atoms. The smallest absolute Gasteiger partial charge is 0.250 e.